The van der Waals surface area contributed by atoms with Gasteiger partial charge in [0.15, 0.2) is 5.15 Å². The smallest absolute Gasteiger partial charge is 0.158 e. The number of thiazole rings is 1. The van der Waals surface area contributed by atoms with E-state index in [4.69, 9.17) is 22.3 Å². The summed E-state index contributed by atoms with van der Waals surface area (Å²) < 4.78 is 1.92. The molecule has 0 aliphatic rings. The first-order valence-corrected chi connectivity index (χ1v) is 8.37. The summed E-state index contributed by atoms with van der Waals surface area (Å²) >= 11 is 7.77. The van der Waals surface area contributed by atoms with Gasteiger partial charge in [0, 0.05) is 18.7 Å². The molecule has 0 fully saturated rings. The minimum absolute atomic E-state index is 0.0133. The number of aromatic nitrogens is 4. The van der Waals surface area contributed by atoms with Crippen LogP contribution in [0.25, 0.3) is 32.0 Å². The van der Waals surface area contributed by atoms with Crippen LogP contribution in [0.3, 0.4) is 0 Å². The van der Waals surface area contributed by atoms with E-state index in [0.717, 1.165) is 32.0 Å². The van der Waals surface area contributed by atoms with Crippen molar-refractivity contribution in [3.8, 4) is 10.6 Å². The Balaban J connectivity index is 1.97. The van der Waals surface area contributed by atoms with E-state index in [1.807, 2.05) is 36.7 Å². The number of imidazole rings is 1. The average molecular weight is 344 g/mol. The molecular weight excluding hydrogens is 330 g/mol. The number of hydrogen-bond acceptors (Lipinski definition) is 5. The van der Waals surface area contributed by atoms with Crippen molar-refractivity contribution in [3.63, 3.8) is 0 Å². The fourth-order valence-corrected chi connectivity index (χ4v) is 3.84. The Hall–Kier alpha value is -2.02. The van der Waals surface area contributed by atoms with E-state index in [0.29, 0.717) is 10.7 Å². The summed E-state index contributed by atoms with van der Waals surface area (Å²) in [4.78, 5) is 14.3. The van der Waals surface area contributed by atoms with Crippen LogP contribution in [-0.4, -0.2) is 19.5 Å². The van der Waals surface area contributed by atoms with E-state index >= 15 is 0 Å². The fraction of sp³-hybridized carbons (Fsp3) is 0.188. The van der Waals surface area contributed by atoms with Crippen molar-refractivity contribution < 1.29 is 0 Å². The summed E-state index contributed by atoms with van der Waals surface area (Å²) in [6.45, 7) is 1.97. The molecule has 3 aromatic heterocycles. The molecule has 0 aliphatic carbocycles. The van der Waals surface area contributed by atoms with Gasteiger partial charge < -0.3 is 10.3 Å². The molecule has 1 atom stereocenters. The average Bonchev–Trinajstić information content (AvgIpc) is 3.11. The van der Waals surface area contributed by atoms with Gasteiger partial charge in [0.2, 0.25) is 0 Å². The normalized spacial score (nSPS) is 13.0. The maximum Gasteiger partial charge on any atom is 0.158 e. The summed E-state index contributed by atoms with van der Waals surface area (Å²) in [6, 6.07) is 8.12. The highest BCUT2D eigenvalue weighted by molar-refractivity contribution is 7.21. The maximum absolute atomic E-state index is 6.25. The molecule has 116 valence electrons. The highest BCUT2D eigenvalue weighted by atomic mass is 35.5. The van der Waals surface area contributed by atoms with E-state index in [1.54, 1.807) is 6.33 Å². The molecule has 1 aromatic carbocycles. The zero-order chi connectivity index (χ0) is 16.1. The minimum Gasteiger partial charge on any atom is -0.332 e. The highest BCUT2D eigenvalue weighted by Gasteiger charge is 2.16. The molecule has 0 bridgehead atoms. The summed E-state index contributed by atoms with van der Waals surface area (Å²) in [5, 5.41) is 1.31. The zero-order valence-corrected chi connectivity index (χ0v) is 14.2. The predicted molar refractivity (Wildman–Crippen MR) is 94.7 cm³/mol. The number of pyridine rings is 1. The molecule has 0 amide bonds. The summed E-state index contributed by atoms with van der Waals surface area (Å²) in [5.41, 5.74) is 10.5. The minimum atomic E-state index is -0.0133. The Morgan fingerprint density at radius 1 is 1.26 bits per heavy atom. The first kappa shape index (κ1) is 14.6. The number of fused-ring (bicyclic) bond motifs is 3. The highest BCUT2D eigenvalue weighted by Crippen LogP contribution is 2.35. The van der Waals surface area contributed by atoms with Gasteiger partial charge in [-0.3, -0.25) is 0 Å². The van der Waals surface area contributed by atoms with Gasteiger partial charge in [-0.1, -0.05) is 41.1 Å². The van der Waals surface area contributed by atoms with E-state index in [2.05, 4.69) is 16.0 Å². The van der Waals surface area contributed by atoms with Crippen molar-refractivity contribution >= 4 is 44.3 Å². The second-order valence-corrected chi connectivity index (χ2v) is 6.88. The number of nitrogens with zero attached hydrogens (tertiary/aromatic N) is 4. The third-order valence-corrected chi connectivity index (χ3v) is 5.09. The van der Waals surface area contributed by atoms with Crippen molar-refractivity contribution in [1.29, 1.82) is 0 Å². The van der Waals surface area contributed by atoms with Crippen molar-refractivity contribution in [3.05, 3.63) is 41.3 Å². The monoisotopic (exact) mass is 343 g/mol. The van der Waals surface area contributed by atoms with Crippen LogP contribution in [0.5, 0.6) is 0 Å². The summed E-state index contributed by atoms with van der Waals surface area (Å²) in [6.07, 6.45) is 1.73. The molecule has 0 unspecified atom stereocenters. The third-order valence-electron chi connectivity index (χ3n) is 3.83. The predicted octanol–water partition coefficient (Wildman–Crippen LogP) is 3.92. The molecule has 0 saturated heterocycles. The van der Waals surface area contributed by atoms with Crippen LogP contribution in [0.1, 0.15) is 18.5 Å². The van der Waals surface area contributed by atoms with Crippen molar-refractivity contribution in [2.75, 3.05) is 0 Å². The number of hydrogen-bond donors (Lipinski definition) is 1. The molecule has 0 radical (unpaired) electrons. The molecule has 0 saturated carbocycles. The van der Waals surface area contributed by atoms with Crippen molar-refractivity contribution in [1.82, 2.24) is 19.5 Å². The lowest BCUT2D eigenvalue weighted by Crippen LogP contribution is -2.04. The van der Waals surface area contributed by atoms with Crippen LogP contribution in [0.15, 0.2) is 30.6 Å². The lowest BCUT2D eigenvalue weighted by Gasteiger charge is -2.06. The van der Waals surface area contributed by atoms with Gasteiger partial charge in [-0.15, -0.1) is 0 Å². The second kappa shape index (κ2) is 5.26. The molecule has 0 spiro atoms. The summed E-state index contributed by atoms with van der Waals surface area (Å²) in [5.74, 6) is 0. The Kier molecular flexibility index (Phi) is 3.33. The van der Waals surface area contributed by atoms with Crippen molar-refractivity contribution in [2.45, 2.75) is 13.0 Å². The number of nitrogens with two attached hydrogens (primary N) is 1. The lowest BCUT2D eigenvalue weighted by atomic mass is 10.1. The molecule has 7 heteroatoms. The number of aryl methyl sites for hydroxylation is 1. The Morgan fingerprint density at radius 3 is 2.87 bits per heavy atom. The Morgan fingerprint density at radius 2 is 2.09 bits per heavy atom. The number of rotatable bonds is 2. The van der Waals surface area contributed by atoms with Gasteiger partial charge in [-0.25, -0.2) is 15.0 Å². The molecule has 23 heavy (non-hydrogen) atoms. The molecule has 4 rings (SSSR count). The van der Waals surface area contributed by atoms with E-state index in [-0.39, 0.29) is 6.04 Å². The van der Waals surface area contributed by atoms with Crippen LogP contribution in [0.4, 0.5) is 0 Å². The first-order chi connectivity index (χ1) is 11.0. The van der Waals surface area contributed by atoms with Crippen LogP contribution in [0, 0.1) is 0 Å². The zero-order valence-electron chi connectivity index (χ0n) is 12.6. The number of halogens is 1. The van der Waals surface area contributed by atoms with Gasteiger partial charge in [-0.2, -0.15) is 0 Å². The Labute approximate surface area is 141 Å². The Bertz CT molecular complexity index is 1030. The quantitative estimate of drug-likeness (QED) is 0.560. The lowest BCUT2D eigenvalue weighted by molar-refractivity contribution is 0.819. The molecule has 2 N–H and O–H groups in total. The first-order valence-electron chi connectivity index (χ1n) is 7.17. The molecule has 3 heterocycles. The summed E-state index contributed by atoms with van der Waals surface area (Å²) in [7, 11) is 1.93. The van der Waals surface area contributed by atoms with Crippen molar-refractivity contribution in [2.24, 2.45) is 12.8 Å². The molecular formula is C16H14ClN5S. The fourth-order valence-electron chi connectivity index (χ4n) is 2.62. The van der Waals surface area contributed by atoms with Gasteiger partial charge >= 0.3 is 0 Å². The van der Waals surface area contributed by atoms with Gasteiger partial charge in [0.25, 0.3) is 0 Å². The maximum atomic E-state index is 6.25. The standard InChI is InChI=1S/C16H14ClN5S/c1-8(18)9-4-3-5-10(6-9)15-20-12-13-11(19-7-22(13)2)14(17)21-16(12)23-15/h3-8H,18H2,1-2H3/t8-/m0/s1. The number of benzene rings is 1. The van der Waals surface area contributed by atoms with Crippen LogP contribution in [-0.2, 0) is 7.05 Å². The van der Waals surface area contributed by atoms with Gasteiger partial charge in [0.1, 0.15) is 26.4 Å². The SMILES string of the molecule is C[C@H](N)c1cccc(-c2nc3c(nc(Cl)c4ncn(C)c43)s2)c1. The van der Waals surface area contributed by atoms with Crippen LogP contribution in [0.2, 0.25) is 5.15 Å². The van der Waals surface area contributed by atoms with E-state index < -0.39 is 0 Å². The van der Waals surface area contributed by atoms with E-state index in [1.165, 1.54) is 11.3 Å². The second-order valence-electron chi connectivity index (χ2n) is 5.54. The third kappa shape index (κ3) is 2.30. The molecule has 5 nitrogen and oxygen atoms in total. The van der Waals surface area contributed by atoms with Crippen LogP contribution >= 0.6 is 22.9 Å². The van der Waals surface area contributed by atoms with Gasteiger partial charge in [0.05, 0.1) is 6.33 Å². The largest absolute Gasteiger partial charge is 0.332 e. The topological polar surface area (TPSA) is 69.6 Å². The molecule has 0 aliphatic heterocycles. The van der Waals surface area contributed by atoms with E-state index in [9.17, 15) is 0 Å². The molecule has 4 aromatic rings. The van der Waals surface area contributed by atoms with Gasteiger partial charge in [-0.05, 0) is 18.6 Å². The van der Waals surface area contributed by atoms with Crippen LogP contribution < -0.4 is 5.73 Å².